The zero-order chi connectivity index (χ0) is 17.7. The quantitative estimate of drug-likeness (QED) is 0.572. The SMILES string of the molecule is Cc1nc2sc([C@H](c3cccs3)[NH+]3CCc4ccccc4C3)c(O)n2n1. The molecule has 0 radical (unpaired) electrons. The minimum Gasteiger partial charge on any atom is -0.492 e. The number of nitrogens with one attached hydrogen (secondary N) is 1. The van der Waals surface area contributed by atoms with Crippen LogP contribution in [0.2, 0.25) is 0 Å². The van der Waals surface area contributed by atoms with E-state index in [9.17, 15) is 5.11 Å². The molecule has 0 aliphatic carbocycles. The number of aromatic nitrogens is 3. The zero-order valence-electron chi connectivity index (χ0n) is 14.3. The molecule has 0 fully saturated rings. The second-order valence-electron chi connectivity index (χ2n) is 6.70. The van der Waals surface area contributed by atoms with Crippen molar-refractivity contribution in [2.24, 2.45) is 0 Å². The van der Waals surface area contributed by atoms with E-state index >= 15 is 0 Å². The number of quaternary nitrogens is 1. The van der Waals surface area contributed by atoms with Gasteiger partial charge in [-0.15, -0.1) is 16.4 Å². The van der Waals surface area contributed by atoms with E-state index in [0.717, 1.165) is 29.3 Å². The first-order chi connectivity index (χ1) is 12.7. The lowest BCUT2D eigenvalue weighted by Crippen LogP contribution is -3.12. The summed E-state index contributed by atoms with van der Waals surface area (Å²) in [6.07, 6.45) is 1.06. The number of benzene rings is 1. The molecule has 5 rings (SSSR count). The Morgan fingerprint density at radius 3 is 2.81 bits per heavy atom. The molecule has 1 aliphatic heterocycles. The summed E-state index contributed by atoms with van der Waals surface area (Å²) in [5, 5.41) is 17.3. The molecule has 0 saturated heterocycles. The van der Waals surface area contributed by atoms with Crippen LogP contribution in [0.4, 0.5) is 0 Å². The fourth-order valence-corrected chi connectivity index (χ4v) is 6.00. The van der Waals surface area contributed by atoms with Crippen molar-refractivity contribution < 1.29 is 10.0 Å². The van der Waals surface area contributed by atoms with E-state index < -0.39 is 0 Å². The maximum absolute atomic E-state index is 10.9. The number of hydrogen-bond acceptors (Lipinski definition) is 5. The van der Waals surface area contributed by atoms with Gasteiger partial charge in [-0.3, -0.25) is 0 Å². The Morgan fingerprint density at radius 1 is 1.19 bits per heavy atom. The van der Waals surface area contributed by atoms with Gasteiger partial charge in [0.05, 0.1) is 11.4 Å². The minimum absolute atomic E-state index is 0.108. The summed E-state index contributed by atoms with van der Waals surface area (Å²) >= 11 is 3.30. The lowest BCUT2D eigenvalue weighted by atomic mass is 9.98. The molecule has 7 heteroatoms. The van der Waals surface area contributed by atoms with Crippen LogP contribution in [0, 0.1) is 6.92 Å². The Bertz CT molecular complexity index is 1070. The van der Waals surface area contributed by atoms with Gasteiger partial charge in [0.2, 0.25) is 10.8 Å². The molecule has 132 valence electrons. The van der Waals surface area contributed by atoms with E-state index in [0.29, 0.717) is 5.82 Å². The van der Waals surface area contributed by atoms with E-state index in [-0.39, 0.29) is 11.9 Å². The number of thiazole rings is 1. The highest BCUT2D eigenvalue weighted by Crippen LogP contribution is 2.36. The standard InChI is InChI=1S/C19H18N4OS2/c1-12-20-19-23(21-12)18(24)17(26-19)16(15-7-4-10-25-15)22-9-8-13-5-2-3-6-14(13)11-22/h2-7,10,16,24H,8-9,11H2,1H3/p+1/t16-/m0/s1. The van der Waals surface area contributed by atoms with Crippen molar-refractivity contribution in [3.63, 3.8) is 0 Å². The molecular weight excluding hydrogens is 364 g/mol. The van der Waals surface area contributed by atoms with Gasteiger partial charge in [-0.05, 0) is 23.9 Å². The highest BCUT2D eigenvalue weighted by molar-refractivity contribution is 7.17. The van der Waals surface area contributed by atoms with E-state index in [1.54, 1.807) is 27.2 Å². The first-order valence-corrected chi connectivity index (χ1v) is 10.4. The Balaban J connectivity index is 1.60. The summed E-state index contributed by atoms with van der Waals surface area (Å²) in [5.74, 6) is 0.917. The summed E-state index contributed by atoms with van der Waals surface area (Å²) in [7, 11) is 0. The van der Waals surface area contributed by atoms with E-state index in [4.69, 9.17) is 0 Å². The van der Waals surface area contributed by atoms with Crippen LogP contribution in [-0.2, 0) is 13.0 Å². The molecule has 1 aliphatic rings. The molecule has 4 aromatic rings. The number of fused-ring (bicyclic) bond motifs is 2. The summed E-state index contributed by atoms with van der Waals surface area (Å²) < 4.78 is 1.58. The van der Waals surface area contributed by atoms with Crippen LogP contribution in [0.15, 0.2) is 41.8 Å². The van der Waals surface area contributed by atoms with Crippen molar-refractivity contribution >= 4 is 27.6 Å². The molecule has 1 aromatic carbocycles. The van der Waals surface area contributed by atoms with Crippen molar-refractivity contribution in [3.8, 4) is 5.88 Å². The molecule has 1 unspecified atom stereocenters. The lowest BCUT2D eigenvalue weighted by Gasteiger charge is -2.31. The predicted molar refractivity (Wildman–Crippen MR) is 103 cm³/mol. The summed E-state index contributed by atoms with van der Waals surface area (Å²) in [6.45, 7) is 3.86. The predicted octanol–water partition coefficient (Wildman–Crippen LogP) is 2.60. The van der Waals surface area contributed by atoms with Crippen LogP contribution in [0.3, 0.4) is 0 Å². The second kappa shape index (κ2) is 6.19. The summed E-state index contributed by atoms with van der Waals surface area (Å²) in [5.41, 5.74) is 2.86. The van der Waals surface area contributed by atoms with Gasteiger partial charge >= 0.3 is 0 Å². The molecule has 26 heavy (non-hydrogen) atoms. The number of aryl methyl sites for hydroxylation is 1. The van der Waals surface area contributed by atoms with E-state index in [1.807, 2.05) is 6.92 Å². The van der Waals surface area contributed by atoms with Gasteiger partial charge in [0.1, 0.15) is 17.2 Å². The summed E-state index contributed by atoms with van der Waals surface area (Å²) in [4.78, 5) is 8.89. The highest BCUT2D eigenvalue weighted by Gasteiger charge is 2.35. The summed E-state index contributed by atoms with van der Waals surface area (Å²) in [6, 6.07) is 13.1. The Labute approximate surface area is 159 Å². The van der Waals surface area contributed by atoms with Gasteiger partial charge in [0.15, 0.2) is 6.04 Å². The lowest BCUT2D eigenvalue weighted by molar-refractivity contribution is -0.940. The average Bonchev–Trinajstić information content (AvgIpc) is 3.36. The van der Waals surface area contributed by atoms with E-state index in [1.165, 1.54) is 20.9 Å². The Morgan fingerprint density at radius 2 is 2.04 bits per heavy atom. The van der Waals surface area contributed by atoms with Crippen molar-refractivity contribution in [1.29, 1.82) is 0 Å². The molecule has 0 saturated carbocycles. The van der Waals surface area contributed by atoms with Crippen LogP contribution in [-0.4, -0.2) is 26.2 Å². The number of nitrogens with zero attached hydrogens (tertiary/aromatic N) is 3. The number of aromatic hydroxyl groups is 1. The van der Waals surface area contributed by atoms with Crippen LogP contribution in [0.5, 0.6) is 5.88 Å². The van der Waals surface area contributed by atoms with Gasteiger partial charge in [-0.1, -0.05) is 41.7 Å². The molecular formula is C19H19N4OS2+. The molecule has 4 heterocycles. The fourth-order valence-electron chi connectivity index (χ4n) is 3.86. The van der Waals surface area contributed by atoms with Gasteiger partial charge in [-0.2, -0.15) is 4.52 Å². The molecule has 5 nitrogen and oxygen atoms in total. The Hall–Kier alpha value is -2.22. The van der Waals surface area contributed by atoms with Crippen molar-refractivity contribution in [1.82, 2.24) is 14.6 Å². The third kappa shape index (κ3) is 2.55. The van der Waals surface area contributed by atoms with Gasteiger partial charge in [0.25, 0.3) is 0 Å². The minimum atomic E-state index is 0.108. The number of rotatable bonds is 3. The maximum Gasteiger partial charge on any atom is 0.235 e. The van der Waals surface area contributed by atoms with Crippen LogP contribution >= 0.6 is 22.7 Å². The Kier molecular flexibility index (Phi) is 3.81. The largest absolute Gasteiger partial charge is 0.492 e. The molecule has 2 N–H and O–H groups in total. The third-order valence-corrected chi connectivity index (χ3v) is 7.08. The first kappa shape index (κ1) is 16.0. The highest BCUT2D eigenvalue weighted by atomic mass is 32.1. The van der Waals surface area contributed by atoms with Gasteiger partial charge in [-0.25, -0.2) is 4.98 Å². The maximum atomic E-state index is 10.9. The zero-order valence-corrected chi connectivity index (χ0v) is 16.0. The van der Waals surface area contributed by atoms with Crippen LogP contribution in [0.1, 0.15) is 32.7 Å². The molecule has 0 bridgehead atoms. The van der Waals surface area contributed by atoms with Crippen molar-refractivity contribution in [2.75, 3.05) is 6.54 Å². The topological polar surface area (TPSA) is 54.9 Å². The smallest absolute Gasteiger partial charge is 0.235 e. The molecule has 3 aromatic heterocycles. The van der Waals surface area contributed by atoms with Crippen LogP contribution in [0.25, 0.3) is 4.96 Å². The van der Waals surface area contributed by atoms with Gasteiger partial charge < -0.3 is 10.0 Å². The normalized spacial score (nSPS) is 18.1. The molecule has 0 spiro atoms. The van der Waals surface area contributed by atoms with Crippen LogP contribution < -0.4 is 4.90 Å². The number of thiophene rings is 1. The first-order valence-electron chi connectivity index (χ1n) is 8.70. The molecule has 2 atom stereocenters. The van der Waals surface area contributed by atoms with Crippen molar-refractivity contribution in [2.45, 2.75) is 25.9 Å². The van der Waals surface area contributed by atoms with Crippen molar-refractivity contribution in [3.05, 3.63) is 68.5 Å². The van der Waals surface area contributed by atoms with E-state index in [2.05, 4.69) is 51.9 Å². The molecule has 0 amide bonds. The van der Waals surface area contributed by atoms with Gasteiger partial charge in [0, 0.05) is 12.0 Å². The third-order valence-electron chi connectivity index (χ3n) is 5.06. The second-order valence-corrected chi connectivity index (χ2v) is 8.68. The average molecular weight is 384 g/mol. The number of hydrogen-bond donors (Lipinski definition) is 2. The monoisotopic (exact) mass is 383 g/mol. The fraction of sp³-hybridized carbons (Fsp3) is 0.263.